The number of phenols is 1. The molecule has 2 aromatic carbocycles. The molecule has 0 radical (unpaired) electrons. The molecule has 2 rings (SSSR count). The molecule has 2 aromatic rings. The number of ether oxygens (including phenoxy) is 1. The molecule has 0 fully saturated rings. The molecule has 0 unspecified atom stereocenters. The first-order valence-corrected chi connectivity index (χ1v) is 6.95. The van der Waals surface area contributed by atoms with Gasteiger partial charge in [-0.2, -0.15) is 5.10 Å². The smallest absolute Gasteiger partial charge is 0.315 e. The normalized spacial score (nSPS) is 10.6. The van der Waals surface area contributed by atoms with Gasteiger partial charge in [0.15, 0.2) is 5.75 Å². The van der Waals surface area contributed by atoms with Crippen molar-refractivity contribution in [2.45, 2.75) is 0 Å². The standard InChI is InChI=1S/C15H12ClN3O5/c1-24-13-7-9(6-12(14(13)20)19(22)23)8-17-18-15(21)10-4-2-3-5-11(10)16/h2-8,20H,1H3,(H,18,21)/b17-8-. The van der Waals surface area contributed by atoms with Crippen LogP contribution in [0.25, 0.3) is 0 Å². The summed E-state index contributed by atoms with van der Waals surface area (Å²) in [5, 5.41) is 24.6. The molecule has 0 heterocycles. The van der Waals surface area contributed by atoms with Crippen molar-refractivity contribution >= 4 is 29.4 Å². The van der Waals surface area contributed by atoms with Crippen LogP contribution in [-0.2, 0) is 0 Å². The fourth-order valence-corrected chi connectivity index (χ4v) is 2.08. The highest BCUT2D eigenvalue weighted by Gasteiger charge is 2.19. The molecule has 0 aromatic heterocycles. The third-order valence-electron chi connectivity index (χ3n) is 2.99. The van der Waals surface area contributed by atoms with Gasteiger partial charge >= 0.3 is 5.69 Å². The Morgan fingerprint density at radius 2 is 2.12 bits per heavy atom. The maximum absolute atomic E-state index is 11.9. The number of rotatable bonds is 5. The van der Waals surface area contributed by atoms with Gasteiger partial charge in [-0.3, -0.25) is 14.9 Å². The molecular formula is C15H12ClN3O5. The van der Waals surface area contributed by atoms with Crippen LogP contribution in [0, 0.1) is 10.1 Å². The Morgan fingerprint density at radius 1 is 1.42 bits per heavy atom. The molecular weight excluding hydrogens is 338 g/mol. The van der Waals surface area contributed by atoms with Gasteiger partial charge in [0, 0.05) is 11.6 Å². The summed E-state index contributed by atoms with van der Waals surface area (Å²) in [4.78, 5) is 22.1. The number of amides is 1. The predicted octanol–water partition coefficient (Wildman–Crippen LogP) is 2.73. The molecule has 0 aliphatic carbocycles. The number of carbonyl (C=O) groups excluding carboxylic acids is 1. The molecule has 0 aliphatic rings. The summed E-state index contributed by atoms with van der Waals surface area (Å²) in [6, 6.07) is 8.87. The van der Waals surface area contributed by atoms with Crippen LogP contribution >= 0.6 is 11.6 Å². The second kappa shape index (κ2) is 7.42. The Balaban J connectivity index is 2.20. The first-order valence-electron chi connectivity index (χ1n) is 6.57. The minimum absolute atomic E-state index is 0.0805. The Morgan fingerprint density at radius 3 is 2.75 bits per heavy atom. The number of nitrogens with zero attached hydrogens (tertiary/aromatic N) is 2. The number of hydrazone groups is 1. The third kappa shape index (κ3) is 3.79. The van der Waals surface area contributed by atoms with E-state index in [-0.39, 0.29) is 21.9 Å². The van der Waals surface area contributed by atoms with Crippen molar-refractivity contribution in [3.63, 3.8) is 0 Å². The molecule has 0 aliphatic heterocycles. The van der Waals surface area contributed by atoms with Gasteiger partial charge in [-0.1, -0.05) is 23.7 Å². The number of hydrogen-bond acceptors (Lipinski definition) is 6. The van der Waals surface area contributed by atoms with Crippen LogP contribution in [0.3, 0.4) is 0 Å². The summed E-state index contributed by atoms with van der Waals surface area (Å²) in [5.74, 6) is -1.19. The number of hydrogen-bond donors (Lipinski definition) is 2. The molecule has 0 spiro atoms. The number of nitrogens with one attached hydrogen (secondary N) is 1. The zero-order chi connectivity index (χ0) is 17.7. The van der Waals surface area contributed by atoms with Crippen molar-refractivity contribution < 1.29 is 19.6 Å². The summed E-state index contributed by atoms with van der Waals surface area (Å²) in [6.07, 6.45) is 1.18. The Bertz CT molecular complexity index is 823. The Hall–Kier alpha value is -3.13. The molecule has 8 nitrogen and oxygen atoms in total. The molecule has 0 saturated carbocycles. The molecule has 2 N–H and O–H groups in total. The van der Waals surface area contributed by atoms with Crippen molar-refractivity contribution in [1.82, 2.24) is 5.43 Å². The van der Waals surface area contributed by atoms with E-state index >= 15 is 0 Å². The number of halogens is 1. The lowest BCUT2D eigenvalue weighted by Crippen LogP contribution is -2.17. The average molecular weight is 350 g/mol. The van der Waals surface area contributed by atoms with Gasteiger partial charge < -0.3 is 9.84 Å². The van der Waals surface area contributed by atoms with Crippen molar-refractivity contribution in [3.8, 4) is 11.5 Å². The molecule has 1 amide bonds. The second-order valence-corrected chi connectivity index (χ2v) is 4.93. The third-order valence-corrected chi connectivity index (χ3v) is 3.32. The quantitative estimate of drug-likeness (QED) is 0.489. The van der Waals surface area contributed by atoms with Crippen LogP contribution in [0.4, 0.5) is 5.69 Å². The van der Waals surface area contributed by atoms with Gasteiger partial charge in [0.05, 0.1) is 28.8 Å². The number of phenolic OH excluding ortho intramolecular Hbond substituents is 1. The number of benzene rings is 2. The summed E-state index contributed by atoms with van der Waals surface area (Å²) in [5.41, 5.74) is 2.23. The van der Waals surface area contributed by atoms with E-state index in [1.54, 1.807) is 18.2 Å². The number of aromatic hydroxyl groups is 1. The second-order valence-electron chi connectivity index (χ2n) is 4.53. The fraction of sp³-hybridized carbons (Fsp3) is 0.0667. The lowest BCUT2D eigenvalue weighted by molar-refractivity contribution is -0.386. The van der Waals surface area contributed by atoms with Gasteiger partial charge in [0.2, 0.25) is 5.75 Å². The first kappa shape index (κ1) is 17.2. The van der Waals surface area contributed by atoms with E-state index in [2.05, 4.69) is 10.5 Å². The summed E-state index contributed by atoms with van der Waals surface area (Å²) >= 11 is 5.90. The largest absolute Gasteiger partial charge is 0.500 e. The lowest BCUT2D eigenvalue weighted by Gasteiger charge is -2.05. The van der Waals surface area contributed by atoms with Gasteiger partial charge in [-0.15, -0.1) is 0 Å². The highest BCUT2D eigenvalue weighted by atomic mass is 35.5. The molecule has 0 saturated heterocycles. The topological polar surface area (TPSA) is 114 Å². The van der Waals surface area contributed by atoms with E-state index in [1.165, 1.54) is 25.5 Å². The number of nitro groups is 1. The monoisotopic (exact) mass is 349 g/mol. The van der Waals surface area contributed by atoms with E-state index in [1.807, 2.05) is 0 Å². The molecule has 24 heavy (non-hydrogen) atoms. The maximum Gasteiger partial charge on any atom is 0.315 e. The average Bonchev–Trinajstić information content (AvgIpc) is 2.56. The first-order chi connectivity index (χ1) is 11.4. The molecule has 0 atom stereocenters. The van der Waals surface area contributed by atoms with Crippen LogP contribution in [-0.4, -0.2) is 29.3 Å². The van der Waals surface area contributed by atoms with Crippen LogP contribution in [0.2, 0.25) is 5.02 Å². The van der Waals surface area contributed by atoms with Crippen LogP contribution in [0.15, 0.2) is 41.5 Å². The Labute approximate surface area is 141 Å². The van der Waals surface area contributed by atoms with Crippen molar-refractivity contribution in [2.24, 2.45) is 5.10 Å². The minimum Gasteiger partial charge on any atom is -0.500 e. The van der Waals surface area contributed by atoms with E-state index in [9.17, 15) is 20.0 Å². The van der Waals surface area contributed by atoms with E-state index in [4.69, 9.17) is 16.3 Å². The molecule has 9 heteroatoms. The van der Waals surface area contributed by atoms with Crippen molar-refractivity contribution in [3.05, 3.63) is 62.7 Å². The van der Waals surface area contributed by atoms with Gasteiger partial charge in [-0.25, -0.2) is 5.43 Å². The Kier molecular flexibility index (Phi) is 5.33. The molecule has 0 bridgehead atoms. The van der Waals surface area contributed by atoms with Crippen LogP contribution in [0.5, 0.6) is 11.5 Å². The van der Waals surface area contributed by atoms with E-state index < -0.39 is 22.3 Å². The van der Waals surface area contributed by atoms with E-state index in [0.717, 1.165) is 6.07 Å². The zero-order valence-corrected chi connectivity index (χ0v) is 13.1. The highest BCUT2D eigenvalue weighted by molar-refractivity contribution is 6.33. The maximum atomic E-state index is 11.9. The zero-order valence-electron chi connectivity index (χ0n) is 12.4. The van der Waals surface area contributed by atoms with Crippen LogP contribution in [0.1, 0.15) is 15.9 Å². The van der Waals surface area contributed by atoms with Gasteiger partial charge in [0.25, 0.3) is 5.91 Å². The predicted molar refractivity (Wildman–Crippen MR) is 87.8 cm³/mol. The number of nitro benzene ring substituents is 1. The number of carbonyl (C=O) groups is 1. The summed E-state index contributed by atoms with van der Waals surface area (Å²) in [6.45, 7) is 0. The van der Waals surface area contributed by atoms with E-state index in [0.29, 0.717) is 0 Å². The van der Waals surface area contributed by atoms with Crippen molar-refractivity contribution in [1.29, 1.82) is 0 Å². The summed E-state index contributed by atoms with van der Waals surface area (Å²) < 4.78 is 4.87. The minimum atomic E-state index is -0.752. The van der Waals surface area contributed by atoms with Crippen LogP contribution < -0.4 is 10.2 Å². The summed E-state index contributed by atoms with van der Waals surface area (Å²) in [7, 11) is 1.26. The highest BCUT2D eigenvalue weighted by Crippen LogP contribution is 2.36. The van der Waals surface area contributed by atoms with Gasteiger partial charge in [-0.05, 0) is 18.2 Å². The fourth-order valence-electron chi connectivity index (χ4n) is 1.85. The van der Waals surface area contributed by atoms with Crippen molar-refractivity contribution in [2.75, 3.05) is 7.11 Å². The SMILES string of the molecule is COc1cc(/C=N\NC(=O)c2ccccc2Cl)cc([N+](=O)[O-])c1O. The lowest BCUT2D eigenvalue weighted by atomic mass is 10.2. The van der Waals surface area contributed by atoms with Gasteiger partial charge in [0.1, 0.15) is 0 Å². The molecule has 124 valence electrons. The number of methoxy groups -OCH3 is 1.